The standard InChI is InChI=1S/C19H18F2N4O2/c1-13(14-6-8-16(9-7-14)25-12-22-11-23-25)24(2)18(26)15-4-3-5-17(10-15)27-19(20)21/h3-13,19H,1-2H3/t13-/m0/s1. The third-order valence-electron chi connectivity index (χ3n) is 4.27. The predicted octanol–water partition coefficient (Wildman–Crippen LogP) is 3.70. The number of aromatic nitrogens is 3. The third kappa shape index (κ3) is 4.28. The number of rotatable bonds is 6. The van der Waals surface area contributed by atoms with E-state index in [4.69, 9.17) is 0 Å². The third-order valence-corrected chi connectivity index (χ3v) is 4.27. The molecule has 1 aromatic heterocycles. The van der Waals surface area contributed by atoms with Gasteiger partial charge in [-0.3, -0.25) is 4.79 Å². The van der Waals surface area contributed by atoms with Gasteiger partial charge < -0.3 is 9.64 Å². The first kappa shape index (κ1) is 18.5. The number of hydrogen-bond acceptors (Lipinski definition) is 4. The summed E-state index contributed by atoms with van der Waals surface area (Å²) in [4.78, 5) is 18.2. The maximum atomic E-state index is 12.7. The highest BCUT2D eigenvalue weighted by atomic mass is 19.3. The van der Waals surface area contributed by atoms with Crippen LogP contribution in [-0.2, 0) is 0 Å². The fourth-order valence-electron chi connectivity index (χ4n) is 2.66. The van der Waals surface area contributed by atoms with Crippen LogP contribution in [0.4, 0.5) is 8.78 Å². The summed E-state index contributed by atoms with van der Waals surface area (Å²) in [6.07, 6.45) is 3.05. The van der Waals surface area contributed by atoms with Gasteiger partial charge in [0.2, 0.25) is 0 Å². The number of benzene rings is 2. The molecule has 3 rings (SSSR count). The van der Waals surface area contributed by atoms with E-state index in [0.29, 0.717) is 0 Å². The molecule has 1 amide bonds. The summed E-state index contributed by atoms with van der Waals surface area (Å²) in [5, 5.41) is 4.07. The van der Waals surface area contributed by atoms with Crippen molar-refractivity contribution in [3.63, 3.8) is 0 Å². The normalized spacial score (nSPS) is 12.0. The highest BCUT2D eigenvalue weighted by molar-refractivity contribution is 5.94. The number of amides is 1. The van der Waals surface area contributed by atoms with Gasteiger partial charge in [0.15, 0.2) is 0 Å². The lowest BCUT2D eigenvalue weighted by Gasteiger charge is -2.25. The average molecular weight is 372 g/mol. The van der Waals surface area contributed by atoms with Gasteiger partial charge >= 0.3 is 6.61 Å². The van der Waals surface area contributed by atoms with Crippen molar-refractivity contribution in [2.75, 3.05) is 7.05 Å². The van der Waals surface area contributed by atoms with E-state index in [1.54, 1.807) is 29.0 Å². The van der Waals surface area contributed by atoms with Gasteiger partial charge in [-0.15, -0.1) is 0 Å². The van der Waals surface area contributed by atoms with Crippen molar-refractivity contribution in [3.05, 3.63) is 72.3 Å². The summed E-state index contributed by atoms with van der Waals surface area (Å²) in [6, 6.07) is 13.1. The van der Waals surface area contributed by atoms with E-state index in [9.17, 15) is 13.6 Å². The number of carbonyl (C=O) groups is 1. The average Bonchev–Trinajstić information content (AvgIpc) is 3.21. The minimum Gasteiger partial charge on any atom is -0.435 e. The molecular weight excluding hydrogens is 354 g/mol. The largest absolute Gasteiger partial charge is 0.435 e. The summed E-state index contributed by atoms with van der Waals surface area (Å²) < 4.78 is 30.7. The van der Waals surface area contributed by atoms with Crippen LogP contribution in [0.1, 0.15) is 28.9 Å². The molecule has 0 bridgehead atoms. The van der Waals surface area contributed by atoms with E-state index in [0.717, 1.165) is 11.3 Å². The molecule has 0 aliphatic rings. The molecule has 0 aliphatic heterocycles. The first-order chi connectivity index (χ1) is 13.0. The van der Waals surface area contributed by atoms with Gasteiger partial charge in [-0.05, 0) is 42.8 Å². The minimum atomic E-state index is -2.93. The maximum absolute atomic E-state index is 12.7. The van der Waals surface area contributed by atoms with Crippen molar-refractivity contribution in [1.29, 1.82) is 0 Å². The Morgan fingerprint density at radius 1 is 1.19 bits per heavy atom. The smallest absolute Gasteiger partial charge is 0.387 e. The molecule has 0 saturated heterocycles. The summed E-state index contributed by atoms with van der Waals surface area (Å²) in [5.74, 6) is -0.336. The van der Waals surface area contributed by atoms with E-state index in [1.165, 1.54) is 24.5 Å². The SMILES string of the molecule is C[C@@H](c1ccc(-n2cncn2)cc1)N(C)C(=O)c1cccc(OC(F)F)c1. The van der Waals surface area contributed by atoms with Gasteiger partial charge in [0.25, 0.3) is 5.91 Å². The molecule has 2 aromatic carbocycles. The molecule has 27 heavy (non-hydrogen) atoms. The number of carbonyl (C=O) groups excluding carboxylic acids is 1. The molecule has 8 heteroatoms. The first-order valence-corrected chi connectivity index (χ1v) is 8.22. The zero-order valence-corrected chi connectivity index (χ0v) is 14.8. The molecule has 0 fully saturated rings. The van der Waals surface area contributed by atoms with Crippen LogP contribution in [0.2, 0.25) is 0 Å². The van der Waals surface area contributed by atoms with Crippen molar-refractivity contribution in [2.45, 2.75) is 19.6 Å². The molecule has 0 unspecified atom stereocenters. The van der Waals surface area contributed by atoms with Gasteiger partial charge in [-0.25, -0.2) is 9.67 Å². The number of hydrogen-bond donors (Lipinski definition) is 0. The highest BCUT2D eigenvalue weighted by Gasteiger charge is 2.20. The zero-order valence-electron chi connectivity index (χ0n) is 14.8. The molecular formula is C19H18F2N4O2. The minimum absolute atomic E-state index is 0.0471. The van der Waals surface area contributed by atoms with Gasteiger partial charge in [0.05, 0.1) is 11.7 Å². The van der Waals surface area contributed by atoms with Crippen LogP contribution >= 0.6 is 0 Å². The van der Waals surface area contributed by atoms with Crippen molar-refractivity contribution in [3.8, 4) is 11.4 Å². The van der Waals surface area contributed by atoms with Crippen molar-refractivity contribution >= 4 is 5.91 Å². The molecule has 0 saturated carbocycles. The lowest BCUT2D eigenvalue weighted by Crippen LogP contribution is -2.29. The summed E-state index contributed by atoms with van der Waals surface area (Å²) in [7, 11) is 1.67. The Hall–Kier alpha value is -3.29. The van der Waals surface area contributed by atoms with Crippen LogP contribution in [0.5, 0.6) is 5.75 Å². The van der Waals surface area contributed by atoms with Crippen LogP contribution in [-0.4, -0.2) is 39.2 Å². The highest BCUT2D eigenvalue weighted by Crippen LogP contribution is 2.23. The molecule has 0 aliphatic carbocycles. The molecule has 3 aromatic rings. The first-order valence-electron chi connectivity index (χ1n) is 8.22. The van der Waals surface area contributed by atoms with Crippen LogP contribution in [0.3, 0.4) is 0 Å². The van der Waals surface area contributed by atoms with E-state index in [2.05, 4.69) is 14.8 Å². The second-order valence-corrected chi connectivity index (χ2v) is 5.93. The monoisotopic (exact) mass is 372 g/mol. The van der Waals surface area contributed by atoms with Crippen LogP contribution < -0.4 is 4.74 Å². The van der Waals surface area contributed by atoms with Gasteiger partial charge in [-0.1, -0.05) is 18.2 Å². The molecule has 1 atom stereocenters. The molecule has 0 spiro atoms. The number of nitrogens with zero attached hydrogens (tertiary/aromatic N) is 4. The van der Waals surface area contributed by atoms with Crippen LogP contribution in [0.15, 0.2) is 61.2 Å². The fourth-order valence-corrected chi connectivity index (χ4v) is 2.66. The second kappa shape index (κ2) is 7.94. The van der Waals surface area contributed by atoms with Crippen LogP contribution in [0, 0.1) is 0 Å². The number of alkyl halides is 2. The predicted molar refractivity (Wildman–Crippen MR) is 94.9 cm³/mol. The fraction of sp³-hybridized carbons (Fsp3) is 0.211. The Balaban J connectivity index is 1.74. The maximum Gasteiger partial charge on any atom is 0.387 e. The quantitative estimate of drug-likeness (QED) is 0.662. The van der Waals surface area contributed by atoms with Crippen molar-refractivity contribution in [1.82, 2.24) is 19.7 Å². The Morgan fingerprint density at radius 2 is 1.93 bits per heavy atom. The van der Waals surface area contributed by atoms with Gasteiger partial charge in [0, 0.05) is 12.6 Å². The number of halogens is 2. The zero-order chi connectivity index (χ0) is 19.4. The molecule has 1 heterocycles. The van der Waals surface area contributed by atoms with Gasteiger partial charge in [-0.2, -0.15) is 13.9 Å². The Bertz CT molecular complexity index is 898. The molecule has 6 nitrogen and oxygen atoms in total. The second-order valence-electron chi connectivity index (χ2n) is 5.93. The summed E-state index contributed by atoms with van der Waals surface area (Å²) in [5.41, 5.74) is 2.06. The number of ether oxygens (including phenoxy) is 1. The topological polar surface area (TPSA) is 60.2 Å². The Kier molecular flexibility index (Phi) is 5.44. The summed E-state index contributed by atoms with van der Waals surface area (Å²) in [6.45, 7) is -1.04. The molecule has 0 radical (unpaired) electrons. The van der Waals surface area contributed by atoms with E-state index >= 15 is 0 Å². The van der Waals surface area contributed by atoms with Gasteiger partial charge in [0.1, 0.15) is 18.4 Å². The Labute approximate surface area is 155 Å². The molecule has 0 N–H and O–H groups in total. The van der Waals surface area contributed by atoms with Crippen LogP contribution in [0.25, 0.3) is 5.69 Å². The van der Waals surface area contributed by atoms with Crippen molar-refractivity contribution < 1.29 is 18.3 Å². The van der Waals surface area contributed by atoms with E-state index in [-0.39, 0.29) is 23.3 Å². The van der Waals surface area contributed by atoms with E-state index < -0.39 is 6.61 Å². The van der Waals surface area contributed by atoms with Crippen molar-refractivity contribution in [2.24, 2.45) is 0 Å². The Morgan fingerprint density at radius 3 is 2.56 bits per heavy atom. The van der Waals surface area contributed by atoms with E-state index in [1.807, 2.05) is 31.2 Å². The summed E-state index contributed by atoms with van der Waals surface area (Å²) >= 11 is 0. The lowest BCUT2D eigenvalue weighted by atomic mass is 10.1. The lowest BCUT2D eigenvalue weighted by molar-refractivity contribution is -0.0499. The molecule has 140 valence electrons.